The fourth-order valence-electron chi connectivity index (χ4n) is 0.446. The molecular weight excluding hydrogens is 172 g/mol. The van der Waals surface area contributed by atoms with Gasteiger partial charge in [0.1, 0.15) is 11.0 Å². The molecule has 4 N–H and O–H groups in total. The SMILES string of the molecule is CC1=C(Cl)N=S(N)N=C1N. The van der Waals surface area contributed by atoms with E-state index < -0.39 is 11.1 Å². The third-order valence-corrected chi connectivity index (χ3v) is 2.28. The van der Waals surface area contributed by atoms with E-state index >= 15 is 0 Å². The molecule has 6 heteroatoms. The lowest BCUT2D eigenvalue weighted by Crippen LogP contribution is -2.19. The van der Waals surface area contributed by atoms with Crippen molar-refractivity contribution in [1.29, 1.82) is 0 Å². The van der Waals surface area contributed by atoms with Gasteiger partial charge in [0.2, 0.25) is 0 Å². The molecule has 4 nitrogen and oxygen atoms in total. The zero-order chi connectivity index (χ0) is 7.72. The summed E-state index contributed by atoms with van der Waals surface area (Å²) in [5.41, 5.74) is 6.12. The van der Waals surface area contributed by atoms with Crippen LogP contribution in [-0.4, -0.2) is 5.84 Å². The highest BCUT2D eigenvalue weighted by atomic mass is 35.5. The molecule has 0 aromatic rings. The first-order valence-electron chi connectivity index (χ1n) is 2.53. The Morgan fingerprint density at radius 3 is 2.70 bits per heavy atom. The highest BCUT2D eigenvalue weighted by Gasteiger charge is 2.08. The molecule has 0 saturated heterocycles. The molecule has 0 amide bonds. The van der Waals surface area contributed by atoms with Crippen molar-refractivity contribution in [3.63, 3.8) is 0 Å². The molecule has 0 aromatic carbocycles. The largest absolute Gasteiger partial charge is 0.383 e. The maximum atomic E-state index is 5.64. The minimum absolute atomic E-state index is 0.360. The summed E-state index contributed by atoms with van der Waals surface area (Å²) >= 11 is 4.76. The molecule has 0 saturated carbocycles. The lowest BCUT2D eigenvalue weighted by Gasteiger charge is -2.06. The number of rotatable bonds is 0. The van der Waals surface area contributed by atoms with E-state index in [0.717, 1.165) is 0 Å². The normalized spacial score (nSPS) is 25.9. The van der Waals surface area contributed by atoms with Crippen LogP contribution in [0, 0.1) is 0 Å². The van der Waals surface area contributed by atoms with Crippen molar-refractivity contribution < 1.29 is 0 Å². The van der Waals surface area contributed by atoms with Crippen molar-refractivity contribution in [1.82, 2.24) is 0 Å². The lowest BCUT2D eigenvalue weighted by atomic mass is 10.3. The molecule has 1 rings (SSSR count). The van der Waals surface area contributed by atoms with Gasteiger partial charge in [0.25, 0.3) is 0 Å². The Labute approximate surface area is 66.3 Å². The molecule has 0 fully saturated rings. The molecule has 10 heavy (non-hydrogen) atoms. The smallest absolute Gasteiger partial charge is 0.146 e. The maximum absolute atomic E-state index is 5.64. The van der Waals surface area contributed by atoms with Crippen molar-refractivity contribution >= 4 is 28.5 Å². The molecule has 0 aromatic heterocycles. The molecule has 1 heterocycles. The van der Waals surface area contributed by atoms with Gasteiger partial charge in [-0.2, -0.15) is 8.76 Å². The van der Waals surface area contributed by atoms with Gasteiger partial charge in [0.15, 0.2) is 0 Å². The van der Waals surface area contributed by atoms with Crippen molar-refractivity contribution in [3.05, 3.63) is 10.7 Å². The zero-order valence-corrected chi connectivity index (χ0v) is 6.91. The second-order valence-electron chi connectivity index (χ2n) is 1.78. The van der Waals surface area contributed by atoms with Crippen molar-refractivity contribution in [2.24, 2.45) is 19.6 Å². The van der Waals surface area contributed by atoms with Gasteiger partial charge in [-0.3, -0.25) is 0 Å². The zero-order valence-electron chi connectivity index (χ0n) is 5.34. The van der Waals surface area contributed by atoms with Crippen LogP contribution < -0.4 is 10.9 Å². The van der Waals surface area contributed by atoms with E-state index in [9.17, 15) is 0 Å². The fourth-order valence-corrected chi connectivity index (χ4v) is 1.44. The van der Waals surface area contributed by atoms with E-state index in [4.69, 9.17) is 22.5 Å². The summed E-state index contributed by atoms with van der Waals surface area (Å²) in [5.74, 6) is 0.380. The first-order chi connectivity index (χ1) is 4.61. The summed E-state index contributed by atoms with van der Waals surface area (Å²) in [7, 11) is 0. The summed E-state index contributed by atoms with van der Waals surface area (Å²) in [6.07, 6.45) is 0. The highest BCUT2D eigenvalue weighted by molar-refractivity contribution is 7.84. The van der Waals surface area contributed by atoms with Gasteiger partial charge in [-0.25, -0.2) is 5.14 Å². The summed E-state index contributed by atoms with van der Waals surface area (Å²) in [6, 6.07) is 0. The van der Waals surface area contributed by atoms with E-state index in [0.29, 0.717) is 16.6 Å². The molecule has 1 unspecified atom stereocenters. The Balaban J connectivity index is 3.13. The van der Waals surface area contributed by atoms with E-state index in [1.807, 2.05) is 0 Å². The molecule has 0 radical (unpaired) electrons. The van der Waals surface area contributed by atoms with E-state index in [1.54, 1.807) is 6.92 Å². The maximum Gasteiger partial charge on any atom is 0.146 e. The Morgan fingerprint density at radius 2 is 2.20 bits per heavy atom. The van der Waals surface area contributed by atoms with Crippen LogP contribution in [0.5, 0.6) is 0 Å². The number of amidine groups is 1. The van der Waals surface area contributed by atoms with Gasteiger partial charge >= 0.3 is 0 Å². The molecule has 1 aliphatic heterocycles. The monoisotopic (exact) mass is 178 g/mol. The number of hydrogen-bond donors (Lipinski definition) is 2. The summed E-state index contributed by atoms with van der Waals surface area (Å²) < 4.78 is 7.60. The second-order valence-corrected chi connectivity index (χ2v) is 3.08. The average Bonchev–Trinajstić information content (AvgIpc) is 1.82. The quantitative estimate of drug-likeness (QED) is 0.528. The minimum atomic E-state index is -0.873. The van der Waals surface area contributed by atoms with Crippen LogP contribution in [0.4, 0.5) is 0 Å². The molecule has 0 bridgehead atoms. The topological polar surface area (TPSA) is 76.8 Å². The van der Waals surface area contributed by atoms with Gasteiger partial charge in [-0.15, -0.1) is 0 Å². The summed E-state index contributed by atoms with van der Waals surface area (Å²) in [6.45, 7) is 1.75. The third-order valence-electron chi connectivity index (χ3n) is 1.06. The van der Waals surface area contributed by atoms with Crippen molar-refractivity contribution in [2.45, 2.75) is 6.92 Å². The van der Waals surface area contributed by atoms with Crippen LogP contribution in [0.15, 0.2) is 19.5 Å². The van der Waals surface area contributed by atoms with Gasteiger partial charge in [0.05, 0.1) is 11.1 Å². The summed E-state index contributed by atoms with van der Waals surface area (Å²) in [5, 5.41) is 5.71. The predicted molar refractivity (Wildman–Crippen MR) is 44.2 cm³/mol. The Hall–Kier alpha value is -0.390. The Kier molecular flexibility index (Phi) is 2.08. The average molecular weight is 179 g/mol. The first-order valence-corrected chi connectivity index (χ1v) is 4.11. The van der Waals surface area contributed by atoms with E-state index in [-0.39, 0.29) is 0 Å². The van der Waals surface area contributed by atoms with Crippen molar-refractivity contribution in [2.75, 3.05) is 0 Å². The van der Waals surface area contributed by atoms with Crippen LogP contribution in [0.1, 0.15) is 6.92 Å². The van der Waals surface area contributed by atoms with Gasteiger partial charge in [0, 0.05) is 5.57 Å². The molecular formula is C4H7ClN4S. The van der Waals surface area contributed by atoms with Gasteiger partial charge in [-0.05, 0) is 6.92 Å². The lowest BCUT2D eigenvalue weighted by molar-refractivity contribution is 1.38. The molecule has 56 valence electrons. The molecule has 1 atom stereocenters. The minimum Gasteiger partial charge on any atom is -0.383 e. The standard InChI is InChI=1S/C4H7ClN4S/c1-2-3(5)8-10(7)9-4(2)6/h1H3,(H4,6,7,8,9). The number of nitrogens with zero attached hydrogens (tertiary/aromatic N) is 2. The van der Waals surface area contributed by atoms with E-state index in [1.165, 1.54) is 0 Å². The van der Waals surface area contributed by atoms with Gasteiger partial charge in [-0.1, -0.05) is 11.6 Å². The Morgan fingerprint density at radius 1 is 1.60 bits per heavy atom. The van der Waals surface area contributed by atoms with Crippen LogP contribution in [0.25, 0.3) is 0 Å². The highest BCUT2D eigenvalue weighted by Crippen LogP contribution is 2.15. The molecule has 0 spiro atoms. The number of nitrogens with two attached hydrogens (primary N) is 2. The third kappa shape index (κ3) is 1.36. The predicted octanol–water partition coefficient (Wildman–Crippen LogP) is 0.418. The number of hydrogen-bond acceptors (Lipinski definition) is 4. The van der Waals surface area contributed by atoms with Crippen molar-refractivity contribution in [3.8, 4) is 0 Å². The number of halogens is 1. The van der Waals surface area contributed by atoms with Crippen LogP contribution in [0.3, 0.4) is 0 Å². The van der Waals surface area contributed by atoms with Gasteiger partial charge < -0.3 is 5.73 Å². The first kappa shape index (κ1) is 7.71. The second kappa shape index (κ2) is 2.69. The summed E-state index contributed by atoms with van der Waals surface area (Å²) in [4.78, 5) is 0. The van der Waals surface area contributed by atoms with Crippen LogP contribution in [-0.2, 0) is 11.1 Å². The molecule has 1 aliphatic rings. The van der Waals surface area contributed by atoms with E-state index in [2.05, 4.69) is 8.76 Å². The van der Waals surface area contributed by atoms with Crippen LogP contribution in [0.2, 0.25) is 0 Å². The molecule has 0 aliphatic carbocycles. The van der Waals surface area contributed by atoms with Crippen LogP contribution >= 0.6 is 11.6 Å². The Bertz CT molecular complexity index is 251. The fraction of sp³-hybridized carbons (Fsp3) is 0.250.